The topological polar surface area (TPSA) is 88.2 Å². The molecular weight excluding hydrogens is 465 g/mol. The number of hydrogen-bond donors (Lipinski definition) is 0. The SMILES string of the molecule is COc1ccc(-n2c(=O)nc3n(Cc4ccc(Cl)nc4)cccc-3c2=O)cc1OC(F)(F)F. The number of pyridine rings is 2. The van der Waals surface area contributed by atoms with Crippen LogP contribution >= 0.6 is 11.6 Å². The van der Waals surface area contributed by atoms with Crippen molar-refractivity contribution in [3.05, 3.63) is 86.4 Å². The standard InChI is InChI=1S/C21H14ClF3N4O4/c1-32-15-6-5-13(9-16(15)33-21(23,24)25)29-19(30)14-3-2-8-28(18(14)27-20(29)31)11-12-4-7-17(22)26-10-12/h2-10H,11H2,1H3. The number of methoxy groups -OCH3 is 1. The molecule has 0 aliphatic carbocycles. The summed E-state index contributed by atoms with van der Waals surface area (Å²) < 4.78 is 49.4. The predicted molar refractivity (Wildman–Crippen MR) is 112 cm³/mol. The van der Waals surface area contributed by atoms with Gasteiger partial charge in [-0.1, -0.05) is 17.7 Å². The van der Waals surface area contributed by atoms with Gasteiger partial charge in [-0.05, 0) is 35.9 Å². The number of rotatable bonds is 5. The Morgan fingerprint density at radius 3 is 2.55 bits per heavy atom. The zero-order valence-electron chi connectivity index (χ0n) is 16.8. The minimum Gasteiger partial charge on any atom is -0.493 e. The van der Waals surface area contributed by atoms with Crippen LogP contribution in [0.2, 0.25) is 5.15 Å². The number of alkyl halides is 3. The van der Waals surface area contributed by atoms with E-state index in [0.717, 1.165) is 24.8 Å². The number of benzene rings is 1. The first-order chi connectivity index (χ1) is 15.7. The summed E-state index contributed by atoms with van der Waals surface area (Å²) in [7, 11) is 1.16. The van der Waals surface area contributed by atoms with Crippen LogP contribution < -0.4 is 20.7 Å². The van der Waals surface area contributed by atoms with Crippen LogP contribution in [0.4, 0.5) is 13.2 Å². The molecule has 8 nitrogen and oxygen atoms in total. The fourth-order valence-electron chi connectivity index (χ4n) is 3.24. The Morgan fingerprint density at radius 2 is 1.88 bits per heavy atom. The summed E-state index contributed by atoms with van der Waals surface area (Å²) in [5.74, 6) is -0.814. The van der Waals surface area contributed by atoms with E-state index in [0.29, 0.717) is 9.72 Å². The lowest BCUT2D eigenvalue weighted by Crippen LogP contribution is -2.36. The first-order valence-corrected chi connectivity index (χ1v) is 9.71. The normalized spacial score (nSPS) is 11.5. The van der Waals surface area contributed by atoms with E-state index in [1.807, 2.05) is 0 Å². The molecule has 0 atom stereocenters. The lowest BCUT2D eigenvalue weighted by Gasteiger charge is -2.16. The van der Waals surface area contributed by atoms with Crippen LogP contribution in [0.5, 0.6) is 11.5 Å². The van der Waals surface area contributed by atoms with Gasteiger partial charge in [0, 0.05) is 18.5 Å². The van der Waals surface area contributed by atoms with Crippen molar-refractivity contribution in [2.45, 2.75) is 12.9 Å². The van der Waals surface area contributed by atoms with Crippen LogP contribution in [-0.4, -0.2) is 32.6 Å². The zero-order chi connectivity index (χ0) is 23.8. The van der Waals surface area contributed by atoms with Crippen molar-refractivity contribution in [2.24, 2.45) is 0 Å². The van der Waals surface area contributed by atoms with E-state index in [4.69, 9.17) is 16.3 Å². The summed E-state index contributed by atoms with van der Waals surface area (Å²) in [5.41, 5.74) is -1.04. The molecule has 0 saturated carbocycles. The molecule has 170 valence electrons. The van der Waals surface area contributed by atoms with Gasteiger partial charge in [0.05, 0.1) is 24.9 Å². The Bertz CT molecular complexity index is 1400. The minimum absolute atomic E-state index is 0.0909. The third kappa shape index (κ3) is 4.67. The molecule has 33 heavy (non-hydrogen) atoms. The highest BCUT2D eigenvalue weighted by atomic mass is 35.5. The molecular formula is C21H14ClF3N4O4. The van der Waals surface area contributed by atoms with Gasteiger partial charge in [-0.2, -0.15) is 4.98 Å². The molecule has 2 aromatic rings. The number of ether oxygens (including phenoxy) is 2. The largest absolute Gasteiger partial charge is 0.573 e. The van der Waals surface area contributed by atoms with Gasteiger partial charge in [0.15, 0.2) is 17.3 Å². The van der Waals surface area contributed by atoms with Crippen molar-refractivity contribution >= 4 is 11.6 Å². The molecule has 0 amide bonds. The number of aromatic nitrogens is 4. The van der Waals surface area contributed by atoms with Crippen LogP contribution in [0.15, 0.2) is 64.4 Å². The highest BCUT2D eigenvalue weighted by molar-refractivity contribution is 6.29. The molecule has 0 spiro atoms. The van der Waals surface area contributed by atoms with Crippen molar-refractivity contribution in [3.8, 4) is 28.6 Å². The second-order valence-corrected chi connectivity index (χ2v) is 7.17. The van der Waals surface area contributed by atoms with Crippen molar-refractivity contribution in [1.29, 1.82) is 0 Å². The van der Waals surface area contributed by atoms with Crippen LogP contribution in [-0.2, 0) is 6.54 Å². The molecule has 0 bridgehead atoms. The smallest absolute Gasteiger partial charge is 0.493 e. The lowest BCUT2D eigenvalue weighted by atomic mass is 10.2. The summed E-state index contributed by atoms with van der Waals surface area (Å²) >= 11 is 5.80. The Hall–Kier alpha value is -3.86. The Labute approximate surface area is 188 Å². The van der Waals surface area contributed by atoms with Crippen molar-refractivity contribution < 1.29 is 22.6 Å². The zero-order valence-corrected chi connectivity index (χ0v) is 17.6. The van der Waals surface area contributed by atoms with Crippen molar-refractivity contribution in [3.63, 3.8) is 0 Å². The first-order valence-electron chi connectivity index (χ1n) is 9.33. The van der Waals surface area contributed by atoms with E-state index >= 15 is 0 Å². The molecule has 4 rings (SSSR count). The van der Waals surface area contributed by atoms with Crippen LogP contribution in [0, 0.1) is 0 Å². The monoisotopic (exact) mass is 478 g/mol. The molecule has 12 heteroatoms. The highest BCUT2D eigenvalue weighted by Crippen LogP contribution is 2.33. The predicted octanol–water partition coefficient (Wildman–Crippen LogP) is 3.50. The van der Waals surface area contributed by atoms with Crippen molar-refractivity contribution in [2.75, 3.05) is 7.11 Å². The summed E-state index contributed by atoms with van der Waals surface area (Å²) in [6.45, 7) is 0.253. The number of hydrogen-bond acceptors (Lipinski definition) is 6. The van der Waals surface area contributed by atoms with E-state index in [-0.39, 0.29) is 29.4 Å². The molecule has 0 unspecified atom stereocenters. The Balaban J connectivity index is 1.83. The molecule has 2 aliphatic heterocycles. The van der Waals surface area contributed by atoms with Crippen LogP contribution in [0.25, 0.3) is 17.1 Å². The highest BCUT2D eigenvalue weighted by Gasteiger charge is 2.33. The molecule has 3 heterocycles. The second-order valence-electron chi connectivity index (χ2n) is 6.78. The molecule has 0 N–H and O–H groups in total. The summed E-state index contributed by atoms with van der Waals surface area (Å²) in [4.78, 5) is 33.9. The molecule has 1 aromatic heterocycles. The third-order valence-electron chi connectivity index (χ3n) is 4.64. The van der Waals surface area contributed by atoms with E-state index in [1.165, 1.54) is 12.1 Å². The maximum Gasteiger partial charge on any atom is 0.573 e. The number of fused-ring (bicyclic) bond motifs is 1. The number of nitrogens with zero attached hydrogens (tertiary/aromatic N) is 4. The molecule has 2 aliphatic rings. The lowest BCUT2D eigenvalue weighted by molar-refractivity contribution is -0.275. The summed E-state index contributed by atoms with van der Waals surface area (Å²) in [6, 6.07) is 9.70. The quantitative estimate of drug-likeness (QED) is 0.408. The van der Waals surface area contributed by atoms with Gasteiger partial charge in [0.2, 0.25) is 0 Å². The fourth-order valence-corrected chi connectivity index (χ4v) is 3.35. The van der Waals surface area contributed by atoms with Crippen LogP contribution in [0.3, 0.4) is 0 Å². The fraction of sp³-hybridized carbons (Fsp3) is 0.143. The van der Waals surface area contributed by atoms with E-state index in [9.17, 15) is 22.8 Å². The molecule has 0 saturated heterocycles. The van der Waals surface area contributed by atoms with Gasteiger partial charge in [0.1, 0.15) is 5.15 Å². The van der Waals surface area contributed by atoms with E-state index in [1.54, 1.807) is 35.2 Å². The van der Waals surface area contributed by atoms with Gasteiger partial charge in [-0.25, -0.2) is 14.3 Å². The van der Waals surface area contributed by atoms with Crippen LogP contribution in [0.1, 0.15) is 5.56 Å². The van der Waals surface area contributed by atoms with Crippen molar-refractivity contribution in [1.82, 2.24) is 19.1 Å². The average Bonchev–Trinajstić information content (AvgIpc) is 2.75. The summed E-state index contributed by atoms with van der Waals surface area (Å²) in [5, 5.41) is 0.317. The first kappa shape index (κ1) is 22.3. The van der Waals surface area contributed by atoms with Gasteiger partial charge in [0.25, 0.3) is 5.56 Å². The van der Waals surface area contributed by atoms with Gasteiger partial charge in [-0.15, -0.1) is 13.2 Å². The maximum absolute atomic E-state index is 13.1. The minimum atomic E-state index is -5.00. The second kappa shape index (κ2) is 8.58. The van der Waals surface area contributed by atoms with Gasteiger partial charge in [-0.3, -0.25) is 4.79 Å². The van der Waals surface area contributed by atoms with E-state index in [2.05, 4.69) is 14.7 Å². The van der Waals surface area contributed by atoms with Gasteiger partial charge >= 0.3 is 12.1 Å². The molecule has 1 aromatic carbocycles. The number of halogens is 4. The molecule has 0 radical (unpaired) electrons. The average molecular weight is 479 g/mol. The maximum atomic E-state index is 13.1. The third-order valence-corrected chi connectivity index (χ3v) is 4.86. The summed E-state index contributed by atoms with van der Waals surface area (Å²) in [6.07, 6.45) is -1.82. The van der Waals surface area contributed by atoms with Gasteiger partial charge < -0.3 is 14.0 Å². The Kier molecular flexibility index (Phi) is 5.81. The van der Waals surface area contributed by atoms with E-state index < -0.39 is 23.4 Å². The Morgan fingerprint density at radius 1 is 1.09 bits per heavy atom. The molecule has 0 fully saturated rings.